The highest BCUT2D eigenvalue weighted by atomic mass is 32.2. The summed E-state index contributed by atoms with van der Waals surface area (Å²) in [6.07, 6.45) is 2.86. The van der Waals surface area contributed by atoms with Crippen LogP contribution in [0.1, 0.15) is 32.1 Å². The molecule has 1 aliphatic carbocycles. The summed E-state index contributed by atoms with van der Waals surface area (Å²) in [5, 5.41) is 8.52. The van der Waals surface area contributed by atoms with Crippen LogP contribution < -0.4 is 5.73 Å². The molecule has 0 radical (unpaired) electrons. The van der Waals surface area contributed by atoms with Crippen LogP contribution in [0.15, 0.2) is 0 Å². The van der Waals surface area contributed by atoms with E-state index in [4.69, 9.17) is 10.8 Å². The predicted octanol–water partition coefficient (Wildman–Crippen LogP) is 0.240. The monoisotopic (exact) mass is 278 g/mol. The molecule has 106 valence electrons. The first kappa shape index (κ1) is 15.4. The summed E-state index contributed by atoms with van der Waals surface area (Å²) in [6.45, 7) is 0.500. The van der Waals surface area contributed by atoms with Crippen LogP contribution >= 0.6 is 0 Å². The van der Waals surface area contributed by atoms with E-state index in [1.165, 1.54) is 4.31 Å². The molecule has 0 spiro atoms. The number of sulfonamides is 1. The Morgan fingerprint density at radius 2 is 2.11 bits per heavy atom. The zero-order chi connectivity index (χ0) is 13.8. The molecule has 1 rings (SSSR count). The molecule has 0 aromatic carbocycles. The van der Waals surface area contributed by atoms with Gasteiger partial charge >= 0.3 is 5.97 Å². The number of hydrogen-bond acceptors (Lipinski definition) is 4. The van der Waals surface area contributed by atoms with Gasteiger partial charge in [0, 0.05) is 19.5 Å². The number of hydrogen-bond donors (Lipinski definition) is 2. The Kier molecular flexibility index (Phi) is 5.55. The Hall–Kier alpha value is -0.660. The van der Waals surface area contributed by atoms with Crippen LogP contribution in [0.3, 0.4) is 0 Å². The molecule has 1 aliphatic rings. The maximum atomic E-state index is 12.1. The molecule has 2 unspecified atom stereocenters. The van der Waals surface area contributed by atoms with Crippen molar-refractivity contribution >= 4 is 16.0 Å². The zero-order valence-corrected chi connectivity index (χ0v) is 11.5. The van der Waals surface area contributed by atoms with Crippen molar-refractivity contribution in [2.45, 2.75) is 38.1 Å². The SMILES string of the molecule is CN(C1CCCC1CN)S(=O)(=O)CCCC(=O)O. The number of carbonyl (C=O) groups is 1. The molecule has 0 heterocycles. The molecule has 0 amide bonds. The summed E-state index contributed by atoms with van der Waals surface area (Å²) in [6, 6.07) is -0.0233. The highest BCUT2D eigenvalue weighted by Gasteiger charge is 2.34. The average molecular weight is 278 g/mol. The van der Waals surface area contributed by atoms with E-state index in [0.717, 1.165) is 19.3 Å². The molecule has 7 heteroatoms. The number of carboxylic acid groups (broad SMARTS) is 1. The Labute approximate surface area is 108 Å². The minimum atomic E-state index is -3.37. The zero-order valence-electron chi connectivity index (χ0n) is 10.7. The van der Waals surface area contributed by atoms with Gasteiger partial charge in [-0.1, -0.05) is 6.42 Å². The van der Waals surface area contributed by atoms with Gasteiger partial charge in [-0.05, 0) is 31.7 Å². The highest BCUT2D eigenvalue weighted by molar-refractivity contribution is 7.89. The summed E-state index contributed by atoms with van der Waals surface area (Å²) < 4.78 is 25.5. The van der Waals surface area contributed by atoms with E-state index in [2.05, 4.69) is 0 Å². The maximum Gasteiger partial charge on any atom is 0.303 e. The van der Waals surface area contributed by atoms with Crippen molar-refractivity contribution in [3.63, 3.8) is 0 Å². The van der Waals surface area contributed by atoms with Crippen LogP contribution in [0.2, 0.25) is 0 Å². The molecule has 3 N–H and O–H groups in total. The van der Waals surface area contributed by atoms with Crippen molar-refractivity contribution in [2.24, 2.45) is 11.7 Å². The van der Waals surface area contributed by atoms with Crippen LogP contribution in [0.5, 0.6) is 0 Å². The van der Waals surface area contributed by atoms with Crippen molar-refractivity contribution in [3.05, 3.63) is 0 Å². The second-order valence-electron chi connectivity index (χ2n) is 4.82. The van der Waals surface area contributed by atoms with E-state index in [1.54, 1.807) is 7.05 Å². The third-order valence-corrected chi connectivity index (χ3v) is 5.57. The summed E-state index contributed by atoms with van der Waals surface area (Å²) in [4.78, 5) is 10.4. The van der Waals surface area contributed by atoms with Crippen molar-refractivity contribution in [1.29, 1.82) is 0 Å². The lowest BCUT2D eigenvalue weighted by molar-refractivity contribution is -0.137. The van der Waals surface area contributed by atoms with E-state index >= 15 is 0 Å². The quantitative estimate of drug-likeness (QED) is 0.694. The first-order valence-electron chi connectivity index (χ1n) is 6.26. The second kappa shape index (κ2) is 6.49. The third kappa shape index (κ3) is 3.93. The second-order valence-corrected chi connectivity index (χ2v) is 6.97. The smallest absolute Gasteiger partial charge is 0.303 e. The third-order valence-electron chi connectivity index (χ3n) is 3.62. The fourth-order valence-corrected chi connectivity index (χ4v) is 4.01. The van der Waals surface area contributed by atoms with Gasteiger partial charge in [0.1, 0.15) is 0 Å². The van der Waals surface area contributed by atoms with Crippen LogP contribution in [0, 0.1) is 5.92 Å². The van der Waals surface area contributed by atoms with Crippen LogP contribution in [-0.2, 0) is 14.8 Å². The van der Waals surface area contributed by atoms with Gasteiger partial charge in [-0.25, -0.2) is 12.7 Å². The predicted molar refractivity (Wildman–Crippen MR) is 68.6 cm³/mol. The molecule has 0 bridgehead atoms. The number of nitrogens with two attached hydrogens (primary N) is 1. The minimum absolute atomic E-state index is 0.0233. The van der Waals surface area contributed by atoms with Crippen LogP contribution in [0.4, 0.5) is 0 Å². The van der Waals surface area contributed by atoms with Gasteiger partial charge in [-0.2, -0.15) is 0 Å². The van der Waals surface area contributed by atoms with Gasteiger partial charge in [-0.15, -0.1) is 0 Å². The van der Waals surface area contributed by atoms with Crippen LogP contribution in [-0.4, -0.2) is 49.2 Å². The molecule has 2 atom stereocenters. The fourth-order valence-electron chi connectivity index (χ4n) is 2.53. The van der Waals surface area contributed by atoms with Gasteiger partial charge in [0.05, 0.1) is 5.75 Å². The van der Waals surface area contributed by atoms with Gasteiger partial charge in [0.2, 0.25) is 10.0 Å². The Morgan fingerprint density at radius 3 is 2.67 bits per heavy atom. The molecule has 0 aromatic rings. The van der Waals surface area contributed by atoms with Gasteiger partial charge in [0.25, 0.3) is 0 Å². The lowest BCUT2D eigenvalue weighted by Crippen LogP contribution is -2.42. The first-order valence-corrected chi connectivity index (χ1v) is 7.87. The van der Waals surface area contributed by atoms with Crippen LogP contribution in [0.25, 0.3) is 0 Å². The van der Waals surface area contributed by atoms with Crippen molar-refractivity contribution in [3.8, 4) is 0 Å². The molecule has 0 aliphatic heterocycles. The number of rotatable bonds is 7. The molecule has 1 saturated carbocycles. The molecule has 18 heavy (non-hydrogen) atoms. The van der Waals surface area contributed by atoms with Gasteiger partial charge < -0.3 is 10.8 Å². The number of aliphatic carboxylic acids is 1. The van der Waals surface area contributed by atoms with Crippen molar-refractivity contribution in [2.75, 3.05) is 19.3 Å². The molecular weight excluding hydrogens is 256 g/mol. The molecular formula is C11H22N2O4S. The molecule has 0 saturated heterocycles. The Balaban J connectivity index is 2.58. The topological polar surface area (TPSA) is 101 Å². The highest BCUT2D eigenvalue weighted by Crippen LogP contribution is 2.30. The summed E-state index contributed by atoms with van der Waals surface area (Å²) in [5.41, 5.74) is 5.65. The van der Waals surface area contributed by atoms with Crippen molar-refractivity contribution in [1.82, 2.24) is 4.31 Å². The van der Waals surface area contributed by atoms with Gasteiger partial charge in [-0.3, -0.25) is 4.79 Å². The molecule has 6 nitrogen and oxygen atoms in total. The van der Waals surface area contributed by atoms with Gasteiger partial charge in [0.15, 0.2) is 0 Å². The molecule has 1 fully saturated rings. The first-order chi connectivity index (χ1) is 8.38. The van der Waals surface area contributed by atoms with E-state index < -0.39 is 16.0 Å². The number of carboxylic acids is 1. The van der Waals surface area contributed by atoms with E-state index in [9.17, 15) is 13.2 Å². The number of nitrogens with zero attached hydrogens (tertiary/aromatic N) is 1. The standard InChI is InChI=1S/C11H22N2O4S/c1-13(10-5-2-4-9(10)8-12)18(16,17)7-3-6-11(14)15/h9-10H,2-8,12H2,1H3,(H,14,15). The summed E-state index contributed by atoms with van der Waals surface area (Å²) in [5.74, 6) is -0.846. The van der Waals surface area contributed by atoms with E-state index in [0.29, 0.717) is 6.54 Å². The van der Waals surface area contributed by atoms with E-state index in [-0.39, 0.29) is 30.6 Å². The average Bonchev–Trinajstić information content (AvgIpc) is 2.74. The summed E-state index contributed by atoms with van der Waals surface area (Å²) >= 11 is 0. The lowest BCUT2D eigenvalue weighted by Gasteiger charge is -2.28. The maximum absolute atomic E-state index is 12.1. The largest absolute Gasteiger partial charge is 0.481 e. The fraction of sp³-hybridized carbons (Fsp3) is 0.909. The van der Waals surface area contributed by atoms with Crippen molar-refractivity contribution < 1.29 is 18.3 Å². The molecule has 0 aromatic heterocycles. The normalized spacial score (nSPS) is 24.6. The summed E-state index contributed by atoms with van der Waals surface area (Å²) in [7, 11) is -1.79. The van der Waals surface area contributed by atoms with E-state index in [1.807, 2.05) is 0 Å². The Morgan fingerprint density at radius 1 is 1.44 bits per heavy atom. The minimum Gasteiger partial charge on any atom is -0.481 e. The lowest BCUT2D eigenvalue weighted by atomic mass is 10.0. The Bertz CT molecular complexity index is 383.